The van der Waals surface area contributed by atoms with Crippen molar-refractivity contribution in [3.63, 3.8) is 0 Å². The highest BCUT2D eigenvalue weighted by Gasteiger charge is 2.10. The predicted molar refractivity (Wildman–Crippen MR) is 89.7 cm³/mol. The largest absolute Gasteiger partial charge is 0.455 e. The van der Waals surface area contributed by atoms with E-state index in [0.717, 1.165) is 30.8 Å². The van der Waals surface area contributed by atoms with Crippen LogP contribution in [0.1, 0.15) is 24.5 Å². The Bertz CT molecular complexity index is 614. The van der Waals surface area contributed by atoms with Crippen molar-refractivity contribution in [2.24, 2.45) is 0 Å². The van der Waals surface area contributed by atoms with Crippen LogP contribution in [0.25, 0.3) is 0 Å². The highest BCUT2D eigenvalue weighted by molar-refractivity contribution is 6.42. The normalized spacial score (nSPS) is 10.7. The lowest BCUT2D eigenvalue weighted by atomic mass is 10.1. The Morgan fingerprint density at radius 1 is 1.10 bits per heavy atom. The monoisotopic (exact) mass is 323 g/mol. The molecule has 2 nitrogen and oxygen atoms in total. The van der Waals surface area contributed by atoms with E-state index in [2.05, 4.69) is 25.2 Å². The molecule has 0 atom stereocenters. The number of benzene rings is 2. The Morgan fingerprint density at radius 2 is 1.90 bits per heavy atom. The Labute approximate surface area is 136 Å². The minimum absolute atomic E-state index is 0.437. The summed E-state index contributed by atoms with van der Waals surface area (Å²) in [6, 6.07) is 11.5. The predicted octanol–water partition coefficient (Wildman–Crippen LogP) is 5.59. The third-order valence-corrected chi connectivity index (χ3v) is 3.90. The molecular weight excluding hydrogens is 305 g/mol. The van der Waals surface area contributed by atoms with Gasteiger partial charge in [0.25, 0.3) is 0 Å². The molecule has 2 rings (SSSR count). The number of nitrogens with one attached hydrogen (secondary N) is 1. The molecule has 0 heterocycles. The Balaban J connectivity index is 2.24. The van der Waals surface area contributed by atoms with Crippen LogP contribution in [-0.2, 0) is 6.54 Å². The fourth-order valence-electron chi connectivity index (χ4n) is 2.03. The van der Waals surface area contributed by atoms with E-state index in [4.69, 9.17) is 27.9 Å². The van der Waals surface area contributed by atoms with E-state index >= 15 is 0 Å². The quantitative estimate of drug-likeness (QED) is 0.699. The molecule has 0 bridgehead atoms. The van der Waals surface area contributed by atoms with E-state index in [1.54, 1.807) is 6.07 Å². The first kappa shape index (κ1) is 16.2. The molecule has 0 unspecified atom stereocenters. The summed E-state index contributed by atoms with van der Waals surface area (Å²) in [5.74, 6) is 1.37. The van der Waals surface area contributed by atoms with Crippen LogP contribution in [0.15, 0.2) is 36.4 Å². The minimum Gasteiger partial charge on any atom is -0.455 e. The summed E-state index contributed by atoms with van der Waals surface area (Å²) in [4.78, 5) is 0. The van der Waals surface area contributed by atoms with Gasteiger partial charge in [-0.3, -0.25) is 0 Å². The van der Waals surface area contributed by atoms with Crippen LogP contribution in [0.5, 0.6) is 11.5 Å². The summed E-state index contributed by atoms with van der Waals surface area (Å²) >= 11 is 12.2. The number of aryl methyl sites for hydroxylation is 1. The third kappa shape index (κ3) is 4.37. The molecular formula is C17H19Cl2NO. The van der Waals surface area contributed by atoms with E-state index in [1.165, 1.54) is 5.56 Å². The highest BCUT2D eigenvalue weighted by atomic mass is 35.5. The highest BCUT2D eigenvalue weighted by Crippen LogP contribution is 2.35. The summed E-state index contributed by atoms with van der Waals surface area (Å²) in [6.45, 7) is 5.96. The van der Waals surface area contributed by atoms with Crippen molar-refractivity contribution in [3.05, 3.63) is 57.6 Å². The van der Waals surface area contributed by atoms with Crippen LogP contribution < -0.4 is 10.1 Å². The van der Waals surface area contributed by atoms with E-state index in [-0.39, 0.29) is 0 Å². The molecule has 2 aromatic rings. The number of hydrogen-bond donors (Lipinski definition) is 1. The van der Waals surface area contributed by atoms with Gasteiger partial charge in [-0.05, 0) is 38.1 Å². The van der Waals surface area contributed by atoms with Gasteiger partial charge in [-0.1, -0.05) is 53.9 Å². The van der Waals surface area contributed by atoms with Gasteiger partial charge in [0, 0.05) is 12.1 Å². The molecule has 0 aliphatic heterocycles. The Morgan fingerprint density at radius 3 is 2.67 bits per heavy atom. The second-order valence-corrected chi connectivity index (χ2v) is 5.73. The van der Waals surface area contributed by atoms with E-state index in [0.29, 0.717) is 15.8 Å². The smallest absolute Gasteiger partial charge is 0.147 e. The maximum atomic E-state index is 6.18. The lowest BCUT2D eigenvalue weighted by Crippen LogP contribution is -2.14. The summed E-state index contributed by atoms with van der Waals surface area (Å²) in [7, 11) is 0. The van der Waals surface area contributed by atoms with Crippen LogP contribution in [0, 0.1) is 6.92 Å². The van der Waals surface area contributed by atoms with Gasteiger partial charge in [0.05, 0.1) is 5.02 Å². The molecule has 21 heavy (non-hydrogen) atoms. The average molecular weight is 324 g/mol. The molecule has 0 saturated heterocycles. The fraction of sp³-hybridized carbons (Fsp3) is 0.294. The maximum absolute atomic E-state index is 6.18. The zero-order chi connectivity index (χ0) is 15.2. The van der Waals surface area contributed by atoms with Gasteiger partial charge >= 0.3 is 0 Å². The van der Waals surface area contributed by atoms with Crippen molar-refractivity contribution < 1.29 is 4.74 Å². The summed E-state index contributed by atoms with van der Waals surface area (Å²) in [6.07, 6.45) is 1.10. The maximum Gasteiger partial charge on any atom is 0.147 e. The van der Waals surface area contributed by atoms with Gasteiger partial charge in [-0.2, -0.15) is 0 Å². The van der Waals surface area contributed by atoms with Gasteiger partial charge in [-0.15, -0.1) is 0 Å². The molecule has 0 saturated carbocycles. The van der Waals surface area contributed by atoms with Gasteiger partial charge in [0.15, 0.2) is 0 Å². The molecule has 0 aromatic heterocycles. The van der Waals surface area contributed by atoms with Crippen LogP contribution in [0.3, 0.4) is 0 Å². The van der Waals surface area contributed by atoms with E-state index in [1.807, 2.05) is 24.3 Å². The van der Waals surface area contributed by atoms with Crippen molar-refractivity contribution in [2.45, 2.75) is 26.8 Å². The van der Waals surface area contributed by atoms with Crippen LogP contribution in [-0.4, -0.2) is 6.54 Å². The number of ether oxygens (including phenoxy) is 1. The second-order valence-electron chi connectivity index (χ2n) is 4.94. The first-order valence-electron chi connectivity index (χ1n) is 7.04. The lowest BCUT2D eigenvalue weighted by molar-refractivity contribution is 0.472. The molecule has 0 aliphatic carbocycles. The first-order chi connectivity index (χ1) is 10.1. The molecule has 2 aromatic carbocycles. The molecule has 0 fully saturated rings. The second kappa shape index (κ2) is 7.69. The SMILES string of the molecule is CCCNCc1cc(C)ccc1Oc1cccc(Cl)c1Cl. The van der Waals surface area contributed by atoms with Gasteiger partial charge in [0.2, 0.25) is 0 Å². The molecule has 0 amide bonds. The van der Waals surface area contributed by atoms with Crippen LogP contribution in [0.4, 0.5) is 0 Å². The van der Waals surface area contributed by atoms with Crippen molar-refractivity contribution in [2.75, 3.05) is 6.54 Å². The number of hydrogen-bond acceptors (Lipinski definition) is 2. The molecule has 0 aliphatic rings. The third-order valence-electron chi connectivity index (χ3n) is 3.09. The molecule has 0 radical (unpaired) electrons. The fourth-order valence-corrected chi connectivity index (χ4v) is 2.36. The lowest BCUT2D eigenvalue weighted by Gasteiger charge is -2.14. The summed E-state index contributed by atoms with van der Waals surface area (Å²) < 4.78 is 5.95. The van der Waals surface area contributed by atoms with Crippen LogP contribution >= 0.6 is 23.2 Å². The Kier molecular flexibility index (Phi) is 5.92. The van der Waals surface area contributed by atoms with Crippen molar-refractivity contribution in [1.82, 2.24) is 5.32 Å². The van der Waals surface area contributed by atoms with E-state index < -0.39 is 0 Å². The number of rotatable bonds is 6. The first-order valence-corrected chi connectivity index (χ1v) is 7.79. The van der Waals surface area contributed by atoms with Crippen molar-refractivity contribution >= 4 is 23.2 Å². The molecule has 0 spiro atoms. The summed E-state index contributed by atoms with van der Waals surface area (Å²) in [5, 5.41) is 4.32. The van der Waals surface area contributed by atoms with Gasteiger partial charge < -0.3 is 10.1 Å². The van der Waals surface area contributed by atoms with E-state index in [9.17, 15) is 0 Å². The molecule has 1 N–H and O–H groups in total. The van der Waals surface area contributed by atoms with Crippen LogP contribution in [0.2, 0.25) is 10.0 Å². The van der Waals surface area contributed by atoms with Crippen molar-refractivity contribution in [1.29, 1.82) is 0 Å². The van der Waals surface area contributed by atoms with Gasteiger partial charge in [0.1, 0.15) is 16.5 Å². The standard InChI is InChI=1S/C17H19Cl2NO/c1-3-9-20-11-13-10-12(2)7-8-15(13)21-16-6-4-5-14(18)17(16)19/h4-8,10,20H,3,9,11H2,1-2H3. The summed E-state index contributed by atoms with van der Waals surface area (Å²) in [5.41, 5.74) is 2.31. The molecule has 4 heteroatoms. The average Bonchev–Trinajstić information content (AvgIpc) is 2.46. The Hall–Kier alpha value is -1.22. The number of halogens is 2. The topological polar surface area (TPSA) is 21.3 Å². The van der Waals surface area contributed by atoms with Crippen molar-refractivity contribution in [3.8, 4) is 11.5 Å². The molecule has 112 valence electrons. The zero-order valence-electron chi connectivity index (χ0n) is 12.2. The minimum atomic E-state index is 0.437. The van der Waals surface area contributed by atoms with Gasteiger partial charge in [-0.25, -0.2) is 0 Å². The zero-order valence-corrected chi connectivity index (χ0v) is 13.8.